The van der Waals surface area contributed by atoms with Gasteiger partial charge in [-0.25, -0.2) is 0 Å². The highest BCUT2D eigenvalue weighted by molar-refractivity contribution is 5.75. The molecule has 1 heterocycles. The Balaban J connectivity index is 2.11. The zero-order valence-corrected chi connectivity index (χ0v) is 12.9. The second kappa shape index (κ2) is 5.52. The van der Waals surface area contributed by atoms with E-state index in [1.54, 1.807) is 11.8 Å². The van der Waals surface area contributed by atoms with Crippen molar-refractivity contribution < 1.29 is 4.74 Å². The molecular weight excluding hydrogens is 276 g/mol. The molecule has 3 aromatic rings. The summed E-state index contributed by atoms with van der Waals surface area (Å²) < 4.78 is 7.02. The second-order valence-electron chi connectivity index (χ2n) is 5.20. The maximum Gasteiger partial charge on any atom is 0.156 e. The van der Waals surface area contributed by atoms with Crippen LogP contribution in [-0.4, -0.2) is 22.1 Å². The molecule has 5 heteroatoms. The quantitative estimate of drug-likeness (QED) is 0.806. The first kappa shape index (κ1) is 14.1. The number of anilines is 1. The minimum atomic E-state index is 0.493. The Morgan fingerprint density at radius 3 is 2.55 bits per heavy atom. The Hall–Kier alpha value is -2.82. The first-order chi connectivity index (χ1) is 10.6. The third-order valence-corrected chi connectivity index (χ3v) is 3.80. The van der Waals surface area contributed by atoms with Gasteiger partial charge in [-0.1, -0.05) is 23.4 Å². The molecule has 5 nitrogen and oxygen atoms in total. The van der Waals surface area contributed by atoms with Crippen molar-refractivity contribution in [1.29, 1.82) is 0 Å². The Bertz CT molecular complexity index is 823. The van der Waals surface area contributed by atoms with E-state index in [1.165, 1.54) is 11.1 Å². The minimum absolute atomic E-state index is 0.493. The summed E-state index contributed by atoms with van der Waals surface area (Å²) in [5, 5.41) is 8.43. The molecule has 0 radical (unpaired) electrons. The van der Waals surface area contributed by atoms with Crippen LogP contribution in [0.15, 0.2) is 42.5 Å². The minimum Gasteiger partial charge on any atom is -0.496 e. The number of nitrogens with two attached hydrogens (primary N) is 1. The zero-order valence-electron chi connectivity index (χ0n) is 12.9. The summed E-state index contributed by atoms with van der Waals surface area (Å²) in [6.07, 6.45) is 0. The van der Waals surface area contributed by atoms with Gasteiger partial charge in [-0.05, 0) is 49.2 Å². The van der Waals surface area contributed by atoms with Crippen LogP contribution in [0.5, 0.6) is 5.75 Å². The number of hydrogen-bond donors (Lipinski definition) is 1. The lowest BCUT2D eigenvalue weighted by molar-refractivity contribution is 0.416. The van der Waals surface area contributed by atoms with E-state index in [0.29, 0.717) is 11.5 Å². The number of nitrogen functional groups attached to an aromatic ring is 1. The number of benzene rings is 2. The Kier molecular flexibility index (Phi) is 3.55. The van der Waals surface area contributed by atoms with E-state index < -0.39 is 0 Å². The lowest BCUT2D eigenvalue weighted by atomic mass is 10.1. The topological polar surface area (TPSA) is 66.0 Å². The molecule has 0 unspecified atom stereocenters. The molecule has 2 aromatic carbocycles. The van der Waals surface area contributed by atoms with Crippen molar-refractivity contribution >= 4 is 5.82 Å². The highest BCUT2D eigenvalue weighted by Gasteiger charge is 2.16. The van der Waals surface area contributed by atoms with Gasteiger partial charge in [0.15, 0.2) is 5.82 Å². The molecular formula is C17H18N4O. The number of methoxy groups -OCH3 is 1. The van der Waals surface area contributed by atoms with Crippen LogP contribution >= 0.6 is 0 Å². The summed E-state index contributed by atoms with van der Waals surface area (Å²) >= 11 is 0. The van der Waals surface area contributed by atoms with E-state index in [-0.39, 0.29) is 0 Å². The number of para-hydroxylation sites is 1. The molecule has 0 spiro atoms. The van der Waals surface area contributed by atoms with Crippen molar-refractivity contribution in [3.63, 3.8) is 0 Å². The van der Waals surface area contributed by atoms with Gasteiger partial charge in [-0.2, -0.15) is 4.68 Å². The lowest BCUT2D eigenvalue weighted by Crippen LogP contribution is -2.03. The predicted octanol–water partition coefficient (Wildman–Crippen LogP) is 3.14. The van der Waals surface area contributed by atoms with E-state index in [4.69, 9.17) is 10.5 Å². The summed E-state index contributed by atoms with van der Waals surface area (Å²) in [4.78, 5) is 0. The molecule has 0 saturated heterocycles. The van der Waals surface area contributed by atoms with Crippen molar-refractivity contribution in [3.05, 3.63) is 53.6 Å². The smallest absolute Gasteiger partial charge is 0.156 e. The summed E-state index contributed by atoms with van der Waals surface area (Å²) in [5.41, 5.74) is 11.0. The number of aromatic nitrogens is 3. The third kappa shape index (κ3) is 2.30. The van der Waals surface area contributed by atoms with Crippen LogP contribution in [0.4, 0.5) is 5.82 Å². The first-order valence-corrected chi connectivity index (χ1v) is 7.04. The highest BCUT2D eigenvalue weighted by atomic mass is 16.5. The van der Waals surface area contributed by atoms with Gasteiger partial charge in [0.25, 0.3) is 0 Å². The van der Waals surface area contributed by atoms with Gasteiger partial charge in [-0.3, -0.25) is 0 Å². The van der Waals surface area contributed by atoms with Crippen molar-refractivity contribution in [2.24, 2.45) is 0 Å². The summed E-state index contributed by atoms with van der Waals surface area (Å²) in [7, 11) is 1.63. The number of nitrogens with zero attached hydrogens (tertiary/aromatic N) is 3. The van der Waals surface area contributed by atoms with E-state index in [9.17, 15) is 0 Å². The number of rotatable bonds is 3. The molecule has 0 aliphatic carbocycles. The van der Waals surface area contributed by atoms with Crippen molar-refractivity contribution in [2.75, 3.05) is 12.8 Å². The van der Waals surface area contributed by atoms with E-state index in [2.05, 4.69) is 30.2 Å². The molecule has 2 N–H and O–H groups in total. The van der Waals surface area contributed by atoms with E-state index in [0.717, 1.165) is 17.0 Å². The van der Waals surface area contributed by atoms with Gasteiger partial charge in [0.1, 0.15) is 11.4 Å². The molecule has 0 saturated carbocycles. The SMILES string of the molecule is COc1ccccc1-c1nnn(-c2ccc(C)c(C)c2)c1N. The Labute approximate surface area is 129 Å². The van der Waals surface area contributed by atoms with Crippen molar-refractivity contribution in [2.45, 2.75) is 13.8 Å². The average molecular weight is 294 g/mol. The number of ether oxygens (including phenoxy) is 1. The Morgan fingerprint density at radius 1 is 1.05 bits per heavy atom. The predicted molar refractivity (Wildman–Crippen MR) is 87.2 cm³/mol. The Morgan fingerprint density at radius 2 is 1.82 bits per heavy atom. The maximum absolute atomic E-state index is 6.26. The molecule has 0 bridgehead atoms. The van der Waals surface area contributed by atoms with Crippen LogP contribution in [0, 0.1) is 13.8 Å². The maximum atomic E-state index is 6.26. The fraction of sp³-hybridized carbons (Fsp3) is 0.176. The van der Waals surface area contributed by atoms with Crippen LogP contribution in [0.25, 0.3) is 16.9 Å². The largest absolute Gasteiger partial charge is 0.496 e. The van der Waals surface area contributed by atoms with Gasteiger partial charge in [0.2, 0.25) is 0 Å². The number of aryl methyl sites for hydroxylation is 2. The van der Waals surface area contributed by atoms with Gasteiger partial charge in [-0.15, -0.1) is 5.10 Å². The van der Waals surface area contributed by atoms with Crippen LogP contribution in [0.1, 0.15) is 11.1 Å². The molecule has 0 fully saturated rings. The van der Waals surface area contributed by atoms with Crippen molar-refractivity contribution in [1.82, 2.24) is 15.0 Å². The van der Waals surface area contributed by atoms with E-state index in [1.807, 2.05) is 36.4 Å². The fourth-order valence-electron chi connectivity index (χ4n) is 2.37. The lowest BCUT2D eigenvalue weighted by Gasteiger charge is -2.08. The second-order valence-corrected chi connectivity index (χ2v) is 5.20. The van der Waals surface area contributed by atoms with E-state index >= 15 is 0 Å². The summed E-state index contributed by atoms with van der Waals surface area (Å²) in [6, 6.07) is 13.7. The van der Waals surface area contributed by atoms with Gasteiger partial charge in [0.05, 0.1) is 12.8 Å². The van der Waals surface area contributed by atoms with Crippen LogP contribution in [-0.2, 0) is 0 Å². The van der Waals surface area contributed by atoms with Crippen LogP contribution < -0.4 is 10.5 Å². The first-order valence-electron chi connectivity index (χ1n) is 7.04. The monoisotopic (exact) mass is 294 g/mol. The third-order valence-electron chi connectivity index (χ3n) is 3.80. The normalized spacial score (nSPS) is 10.7. The molecule has 0 amide bonds. The van der Waals surface area contributed by atoms with Gasteiger partial charge in [0, 0.05) is 5.56 Å². The molecule has 22 heavy (non-hydrogen) atoms. The zero-order chi connectivity index (χ0) is 15.7. The van der Waals surface area contributed by atoms with Gasteiger partial charge >= 0.3 is 0 Å². The van der Waals surface area contributed by atoms with Crippen LogP contribution in [0.2, 0.25) is 0 Å². The van der Waals surface area contributed by atoms with Crippen molar-refractivity contribution in [3.8, 4) is 22.7 Å². The molecule has 1 aromatic heterocycles. The molecule has 0 aliphatic heterocycles. The standard InChI is InChI=1S/C17H18N4O/c1-11-8-9-13(10-12(11)2)21-17(18)16(19-20-21)14-6-4-5-7-15(14)22-3/h4-10H,18H2,1-3H3. The average Bonchev–Trinajstić information content (AvgIpc) is 2.91. The molecule has 0 atom stereocenters. The summed E-state index contributed by atoms with van der Waals surface area (Å²) in [6.45, 7) is 4.14. The molecule has 0 aliphatic rings. The highest BCUT2D eigenvalue weighted by Crippen LogP contribution is 2.32. The summed E-state index contributed by atoms with van der Waals surface area (Å²) in [5.74, 6) is 1.22. The fourth-order valence-corrected chi connectivity index (χ4v) is 2.37. The molecule has 112 valence electrons. The molecule has 3 rings (SSSR count). The van der Waals surface area contributed by atoms with Crippen LogP contribution in [0.3, 0.4) is 0 Å². The van der Waals surface area contributed by atoms with Gasteiger partial charge < -0.3 is 10.5 Å². The number of hydrogen-bond acceptors (Lipinski definition) is 4.